The molecule has 1 fully saturated rings. The summed E-state index contributed by atoms with van der Waals surface area (Å²) in [6.45, 7) is 11.0. The van der Waals surface area contributed by atoms with Gasteiger partial charge in [-0.25, -0.2) is 0 Å². The normalized spacial score (nSPS) is 21.2. The summed E-state index contributed by atoms with van der Waals surface area (Å²) in [7, 11) is 0. The van der Waals surface area contributed by atoms with Crippen LogP contribution >= 0.6 is 0 Å². The Balaban J connectivity index is 2.06. The largest absolute Gasteiger partial charge is 0.376 e. The molecule has 1 heterocycles. The van der Waals surface area contributed by atoms with E-state index in [9.17, 15) is 0 Å². The first-order chi connectivity index (χ1) is 5.97. The van der Waals surface area contributed by atoms with E-state index >= 15 is 0 Å². The highest BCUT2D eigenvalue weighted by Gasteiger charge is 2.21. The summed E-state index contributed by atoms with van der Waals surface area (Å²) in [6.07, 6.45) is 0.602. The van der Waals surface area contributed by atoms with E-state index in [0.29, 0.717) is 6.10 Å². The maximum absolute atomic E-state index is 5.69. The second-order valence-electron chi connectivity index (χ2n) is 4.74. The fourth-order valence-corrected chi connectivity index (χ4v) is 1.12. The quantitative estimate of drug-likeness (QED) is 0.717. The Kier molecular flexibility index (Phi) is 3.71. The van der Waals surface area contributed by atoms with Gasteiger partial charge in [-0.3, -0.25) is 0 Å². The number of nitrogens with one attached hydrogen (secondary N) is 1. The third-order valence-electron chi connectivity index (χ3n) is 1.95. The zero-order chi connectivity index (χ0) is 9.90. The van der Waals surface area contributed by atoms with Crippen molar-refractivity contribution >= 4 is 0 Å². The van der Waals surface area contributed by atoms with Gasteiger partial charge in [-0.1, -0.05) is 0 Å². The maximum atomic E-state index is 5.69. The van der Waals surface area contributed by atoms with Crippen molar-refractivity contribution in [2.45, 2.75) is 45.4 Å². The highest BCUT2D eigenvalue weighted by atomic mass is 16.6. The third kappa shape index (κ3) is 4.60. The number of ether oxygens (including phenoxy) is 2. The Bertz CT molecular complexity index is 149. The van der Waals surface area contributed by atoms with E-state index < -0.39 is 0 Å². The van der Waals surface area contributed by atoms with Gasteiger partial charge in [0.05, 0.1) is 19.3 Å². The summed E-state index contributed by atoms with van der Waals surface area (Å²) >= 11 is 0. The van der Waals surface area contributed by atoms with Crippen molar-refractivity contribution in [3.8, 4) is 0 Å². The molecule has 0 saturated carbocycles. The van der Waals surface area contributed by atoms with Crippen LogP contribution in [0.15, 0.2) is 0 Å². The molecular weight excluding hydrogens is 166 g/mol. The molecule has 1 saturated heterocycles. The lowest BCUT2D eigenvalue weighted by Gasteiger charge is -2.30. The van der Waals surface area contributed by atoms with E-state index in [1.165, 1.54) is 0 Å². The fraction of sp³-hybridized carbons (Fsp3) is 1.00. The number of rotatable bonds is 4. The molecule has 3 heteroatoms. The second kappa shape index (κ2) is 4.40. The van der Waals surface area contributed by atoms with Crippen molar-refractivity contribution < 1.29 is 9.47 Å². The topological polar surface area (TPSA) is 30.5 Å². The molecule has 0 bridgehead atoms. The fourth-order valence-electron chi connectivity index (χ4n) is 1.12. The first-order valence-corrected chi connectivity index (χ1v) is 4.95. The Morgan fingerprint density at radius 2 is 2.08 bits per heavy atom. The molecular formula is C10H21NO2. The van der Waals surface area contributed by atoms with E-state index in [2.05, 4.69) is 33.0 Å². The molecule has 0 amide bonds. The Morgan fingerprint density at radius 3 is 2.46 bits per heavy atom. The molecule has 0 aromatic carbocycles. The summed E-state index contributed by atoms with van der Waals surface area (Å²) in [5, 5.41) is 3.41. The van der Waals surface area contributed by atoms with Crippen LogP contribution in [-0.2, 0) is 9.47 Å². The average Bonchev–Trinajstić information content (AvgIpc) is 1.91. The highest BCUT2D eigenvalue weighted by molar-refractivity contribution is 4.73. The summed E-state index contributed by atoms with van der Waals surface area (Å²) in [6, 6.07) is 0. The van der Waals surface area contributed by atoms with Crippen LogP contribution in [0, 0.1) is 0 Å². The second-order valence-corrected chi connectivity index (χ2v) is 4.74. The zero-order valence-corrected chi connectivity index (χ0v) is 9.09. The van der Waals surface area contributed by atoms with Gasteiger partial charge in [-0.15, -0.1) is 0 Å². The van der Waals surface area contributed by atoms with E-state index in [1.807, 2.05) is 0 Å². The first-order valence-electron chi connectivity index (χ1n) is 4.95. The van der Waals surface area contributed by atoms with Crippen molar-refractivity contribution in [2.24, 2.45) is 0 Å². The molecule has 3 nitrogen and oxygen atoms in total. The van der Waals surface area contributed by atoms with Crippen LogP contribution in [0.25, 0.3) is 0 Å². The minimum Gasteiger partial charge on any atom is -0.376 e. The van der Waals surface area contributed by atoms with Crippen LogP contribution in [0.5, 0.6) is 0 Å². The Labute approximate surface area is 80.8 Å². The van der Waals surface area contributed by atoms with Crippen LogP contribution < -0.4 is 5.32 Å². The highest BCUT2D eigenvalue weighted by Crippen LogP contribution is 2.08. The van der Waals surface area contributed by atoms with Crippen molar-refractivity contribution in [3.63, 3.8) is 0 Å². The molecule has 1 N–H and O–H groups in total. The first kappa shape index (κ1) is 11.0. The Morgan fingerprint density at radius 1 is 1.46 bits per heavy atom. The lowest BCUT2D eigenvalue weighted by Crippen LogP contribution is -2.45. The van der Waals surface area contributed by atoms with Crippen LogP contribution in [0.2, 0.25) is 0 Å². The minimum absolute atomic E-state index is 0.174. The Hall–Kier alpha value is -0.120. The lowest BCUT2D eigenvalue weighted by atomic mass is 10.1. The standard InChI is InChI=1S/C10H21NO2/c1-8(5-11-10(2,3)4)13-9-6-12-7-9/h8-9,11H,5-7H2,1-4H3. The van der Waals surface area contributed by atoms with Gasteiger partial charge in [-0.2, -0.15) is 0 Å². The predicted molar refractivity (Wildman–Crippen MR) is 52.9 cm³/mol. The average molecular weight is 187 g/mol. The van der Waals surface area contributed by atoms with E-state index in [-0.39, 0.29) is 11.6 Å². The molecule has 0 aliphatic carbocycles. The van der Waals surface area contributed by atoms with Crippen molar-refractivity contribution in [1.29, 1.82) is 0 Å². The minimum atomic E-state index is 0.174. The van der Waals surface area contributed by atoms with Gasteiger partial charge in [-0.05, 0) is 27.7 Å². The molecule has 0 spiro atoms. The van der Waals surface area contributed by atoms with E-state index in [1.54, 1.807) is 0 Å². The van der Waals surface area contributed by atoms with Gasteiger partial charge in [0.25, 0.3) is 0 Å². The van der Waals surface area contributed by atoms with Crippen LogP contribution in [0.1, 0.15) is 27.7 Å². The van der Waals surface area contributed by atoms with Crippen LogP contribution in [0.4, 0.5) is 0 Å². The monoisotopic (exact) mass is 187 g/mol. The van der Waals surface area contributed by atoms with E-state index in [0.717, 1.165) is 19.8 Å². The predicted octanol–water partition coefficient (Wildman–Crippen LogP) is 1.18. The molecule has 1 atom stereocenters. The van der Waals surface area contributed by atoms with Gasteiger partial charge in [0.2, 0.25) is 0 Å². The zero-order valence-electron chi connectivity index (χ0n) is 9.09. The molecule has 0 aromatic rings. The molecule has 1 aliphatic rings. The van der Waals surface area contributed by atoms with E-state index in [4.69, 9.17) is 9.47 Å². The van der Waals surface area contributed by atoms with Gasteiger partial charge in [0.15, 0.2) is 0 Å². The molecule has 78 valence electrons. The van der Waals surface area contributed by atoms with Crippen molar-refractivity contribution in [2.75, 3.05) is 19.8 Å². The summed E-state index contributed by atoms with van der Waals surface area (Å²) < 4.78 is 10.7. The summed E-state index contributed by atoms with van der Waals surface area (Å²) in [4.78, 5) is 0. The molecule has 13 heavy (non-hydrogen) atoms. The third-order valence-corrected chi connectivity index (χ3v) is 1.95. The molecule has 1 unspecified atom stereocenters. The van der Waals surface area contributed by atoms with Crippen LogP contribution in [-0.4, -0.2) is 37.5 Å². The molecule has 0 aromatic heterocycles. The van der Waals surface area contributed by atoms with Crippen molar-refractivity contribution in [3.05, 3.63) is 0 Å². The van der Waals surface area contributed by atoms with Crippen LogP contribution in [0.3, 0.4) is 0 Å². The lowest BCUT2D eigenvalue weighted by molar-refractivity contribution is -0.150. The SMILES string of the molecule is CC(CNC(C)(C)C)OC1COC1. The molecule has 1 aliphatic heterocycles. The molecule has 0 radical (unpaired) electrons. The molecule has 1 rings (SSSR count). The van der Waals surface area contributed by atoms with Crippen molar-refractivity contribution in [1.82, 2.24) is 5.32 Å². The van der Waals surface area contributed by atoms with Gasteiger partial charge < -0.3 is 14.8 Å². The van der Waals surface area contributed by atoms with Gasteiger partial charge in [0.1, 0.15) is 6.10 Å². The number of hydrogen-bond acceptors (Lipinski definition) is 3. The maximum Gasteiger partial charge on any atom is 0.104 e. The number of hydrogen-bond donors (Lipinski definition) is 1. The van der Waals surface area contributed by atoms with Gasteiger partial charge in [0, 0.05) is 12.1 Å². The summed E-state index contributed by atoms with van der Waals surface area (Å²) in [5.41, 5.74) is 0.174. The summed E-state index contributed by atoms with van der Waals surface area (Å²) in [5.74, 6) is 0. The van der Waals surface area contributed by atoms with Gasteiger partial charge >= 0.3 is 0 Å². The smallest absolute Gasteiger partial charge is 0.104 e.